The number of rotatable bonds is 14. The van der Waals surface area contributed by atoms with E-state index >= 15 is 0 Å². The van der Waals surface area contributed by atoms with Gasteiger partial charge in [-0.15, -0.1) is 0 Å². The Kier molecular flexibility index (Phi) is 24.2. The van der Waals surface area contributed by atoms with Crippen molar-refractivity contribution < 1.29 is 30.0 Å². The number of hydrogen-bond donors (Lipinski definition) is 4. The van der Waals surface area contributed by atoms with Gasteiger partial charge in [0, 0.05) is 5.41 Å². The molecule has 0 amide bonds. The smallest absolute Gasteiger partial charge is 0.306 e. The first-order valence-corrected chi connectivity index (χ1v) is 11.3. The first kappa shape index (κ1) is 32.5. The van der Waals surface area contributed by atoms with Crippen LogP contribution >= 0.6 is 0 Å². The van der Waals surface area contributed by atoms with Crippen LogP contribution in [0.2, 0.25) is 0 Å². The van der Waals surface area contributed by atoms with E-state index in [0.29, 0.717) is 0 Å². The van der Waals surface area contributed by atoms with Gasteiger partial charge < -0.3 is 20.4 Å². The molecule has 0 aromatic heterocycles. The van der Waals surface area contributed by atoms with E-state index in [0.717, 1.165) is 64.2 Å². The van der Waals surface area contributed by atoms with Crippen LogP contribution in [0.5, 0.6) is 0 Å². The van der Waals surface area contributed by atoms with Crippen molar-refractivity contribution in [3.05, 3.63) is 0 Å². The van der Waals surface area contributed by atoms with Crippen LogP contribution in [0.1, 0.15) is 106 Å². The van der Waals surface area contributed by atoms with Crippen molar-refractivity contribution in [3.63, 3.8) is 0 Å². The number of hydrogen-bond acceptors (Lipinski definition) is 4. The number of aliphatic carboxylic acids is 2. The minimum Gasteiger partial charge on any atom is -0.481 e. The van der Waals surface area contributed by atoms with Crippen molar-refractivity contribution in [2.75, 3.05) is 13.2 Å². The molecule has 0 spiro atoms. The lowest BCUT2D eigenvalue weighted by atomic mass is 9.88. The van der Waals surface area contributed by atoms with Crippen molar-refractivity contribution in [1.82, 2.24) is 0 Å². The number of carboxylic acids is 2. The van der Waals surface area contributed by atoms with Gasteiger partial charge in [0.15, 0.2) is 0 Å². The second-order valence-corrected chi connectivity index (χ2v) is 8.05. The summed E-state index contributed by atoms with van der Waals surface area (Å²) in [4.78, 5) is 20.9. The van der Waals surface area contributed by atoms with Crippen molar-refractivity contribution >= 4 is 11.9 Å². The fourth-order valence-electron chi connectivity index (χ4n) is 2.72. The first-order chi connectivity index (χ1) is 13.6. The van der Waals surface area contributed by atoms with E-state index in [4.69, 9.17) is 20.4 Å². The van der Waals surface area contributed by atoms with Gasteiger partial charge in [-0.2, -0.15) is 0 Å². The summed E-state index contributed by atoms with van der Waals surface area (Å²) in [5.74, 6) is -1.51. The molecular formula is C23H48O6. The molecule has 0 radical (unpaired) electrons. The number of aliphatic hydroxyl groups excluding tert-OH is 2. The van der Waals surface area contributed by atoms with Crippen LogP contribution in [-0.2, 0) is 9.59 Å². The fourth-order valence-corrected chi connectivity index (χ4v) is 2.72. The van der Waals surface area contributed by atoms with Crippen LogP contribution < -0.4 is 0 Å². The van der Waals surface area contributed by atoms with E-state index in [1.165, 1.54) is 0 Å². The minimum absolute atomic E-state index is 0.0807. The Morgan fingerprint density at radius 3 is 1.21 bits per heavy atom. The van der Waals surface area contributed by atoms with Crippen molar-refractivity contribution in [1.29, 1.82) is 0 Å². The van der Waals surface area contributed by atoms with Gasteiger partial charge in [-0.25, -0.2) is 0 Å². The molecule has 176 valence electrons. The van der Waals surface area contributed by atoms with Crippen LogP contribution in [0.3, 0.4) is 0 Å². The molecule has 0 heterocycles. The monoisotopic (exact) mass is 420 g/mol. The average Bonchev–Trinajstić information content (AvgIpc) is 2.70. The Hall–Kier alpha value is -1.14. The molecule has 6 heteroatoms. The number of carboxylic acid groups (broad SMARTS) is 2. The summed E-state index contributed by atoms with van der Waals surface area (Å²) in [6.07, 6.45) is 9.33. The van der Waals surface area contributed by atoms with Crippen LogP contribution in [-0.4, -0.2) is 45.6 Å². The van der Waals surface area contributed by atoms with Gasteiger partial charge in [0.25, 0.3) is 0 Å². The molecule has 0 aromatic rings. The van der Waals surface area contributed by atoms with Crippen molar-refractivity contribution in [2.45, 2.75) is 106 Å². The van der Waals surface area contributed by atoms with E-state index in [1.54, 1.807) is 0 Å². The third-order valence-corrected chi connectivity index (χ3v) is 5.11. The third kappa shape index (κ3) is 19.9. The summed E-state index contributed by atoms with van der Waals surface area (Å²) in [6, 6.07) is 0. The Labute approximate surface area is 178 Å². The van der Waals surface area contributed by atoms with E-state index in [1.807, 2.05) is 27.7 Å². The Bertz CT molecular complexity index is 354. The van der Waals surface area contributed by atoms with E-state index in [9.17, 15) is 9.59 Å². The molecule has 2 atom stereocenters. The van der Waals surface area contributed by atoms with Crippen LogP contribution in [0.25, 0.3) is 0 Å². The maximum Gasteiger partial charge on any atom is 0.306 e. The van der Waals surface area contributed by atoms with Gasteiger partial charge in [-0.05, 0) is 32.1 Å². The molecule has 0 bridgehead atoms. The SMILES string of the molecule is CCCC(C)(CO)CO.CCCCC(CC)C(=O)O.CCCCC(CC)C(=O)O. The first-order valence-electron chi connectivity index (χ1n) is 11.3. The Morgan fingerprint density at radius 1 is 0.724 bits per heavy atom. The normalized spacial score (nSPS) is 12.7. The van der Waals surface area contributed by atoms with Gasteiger partial charge in [0.2, 0.25) is 0 Å². The molecule has 0 aliphatic rings. The van der Waals surface area contributed by atoms with Gasteiger partial charge in [0.05, 0.1) is 25.0 Å². The van der Waals surface area contributed by atoms with E-state index < -0.39 is 11.9 Å². The average molecular weight is 421 g/mol. The predicted molar refractivity (Wildman–Crippen MR) is 119 cm³/mol. The van der Waals surface area contributed by atoms with Crippen molar-refractivity contribution in [3.8, 4) is 0 Å². The van der Waals surface area contributed by atoms with Crippen LogP contribution in [0.15, 0.2) is 0 Å². The fraction of sp³-hybridized carbons (Fsp3) is 0.913. The molecule has 0 fully saturated rings. The number of unbranched alkanes of at least 4 members (excludes halogenated alkanes) is 2. The van der Waals surface area contributed by atoms with Gasteiger partial charge in [-0.3, -0.25) is 9.59 Å². The summed E-state index contributed by atoms with van der Waals surface area (Å²) in [5, 5.41) is 34.7. The molecule has 2 unspecified atom stereocenters. The summed E-state index contributed by atoms with van der Waals surface area (Å²) >= 11 is 0. The molecule has 0 saturated heterocycles. The van der Waals surface area contributed by atoms with E-state index in [-0.39, 0.29) is 30.5 Å². The minimum atomic E-state index is -0.643. The molecule has 0 rings (SSSR count). The predicted octanol–water partition coefficient (Wildman–Crippen LogP) is 5.35. The molecule has 0 aromatic carbocycles. The second-order valence-electron chi connectivity index (χ2n) is 8.05. The highest BCUT2D eigenvalue weighted by atomic mass is 16.4. The quantitative estimate of drug-likeness (QED) is 0.301. The third-order valence-electron chi connectivity index (χ3n) is 5.11. The molecule has 29 heavy (non-hydrogen) atoms. The zero-order valence-electron chi connectivity index (χ0n) is 19.7. The maximum absolute atomic E-state index is 10.4. The lowest BCUT2D eigenvalue weighted by Crippen LogP contribution is -2.25. The number of carbonyl (C=O) groups is 2. The van der Waals surface area contributed by atoms with Gasteiger partial charge in [-0.1, -0.05) is 73.6 Å². The lowest BCUT2D eigenvalue weighted by Gasteiger charge is -2.23. The molecule has 0 aliphatic heterocycles. The van der Waals surface area contributed by atoms with Gasteiger partial charge >= 0.3 is 11.9 Å². The lowest BCUT2D eigenvalue weighted by molar-refractivity contribution is -0.143. The topological polar surface area (TPSA) is 115 Å². The molecule has 4 N–H and O–H groups in total. The Balaban J connectivity index is -0.000000350. The summed E-state index contributed by atoms with van der Waals surface area (Å²) in [7, 11) is 0. The van der Waals surface area contributed by atoms with Gasteiger partial charge in [0.1, 0.15) is 0 Å². The summed E-state index contributed by atoms with van der Waals surface area (Å²) in [6.45, 7) is 12.1. The molecular weight excluding hydrogens is 372 g/mol. The van der Waals surface area contributed by atoms with Crippen molar-refractivity contribution in [2.24, 2.45) is 17.3 Å². The summed E-state index contributed by atoms with van der Waals surface area (Å²) in [5.41, 5.74) is -0.255. The highest BCUT2D eigenvalue weighted by Gasteiger charge is 2.20. The zero-order valence-corrected chi connectivity index (χ0v) is 19.7. The standard InChI is InChI=1S/2C8H16O2.C7H16O2/c2*1-3-5-6-7(4-2)8(9)10;1-3-4-7(2,5-8)6-9/h2*7H,3-6H2,1-2H3,(H,9,10);8-9H,3-6H2,1-2H3. The largest absolute Gasteiger partial charge is 0.481 e. The molecule has 6 nitrogen and oxygen atoms in total. The Morgan fingerprint density at radius 2 is 1.07 bits per heavy atom. The second kappa shape index (κ2) is 21.6. The highest BCUT2D eigenvalue weighted by molar-refractivity contribution is 5.70. The zero-order chi connectivity index (χ0) is 23.3. The molecule has 0 saturated carbocycles. The van der Waals surface area contributed by atoms with Crippen LogP contribution in [0.4, 0.5) is 0 Å². The maximum atomic E-state index is 10.4. The summed E-state index contributed by atoms with van der Waals surface area (Å²) < 4.78 is 0. The van der Waals surface area contributed by atoms with E-state index in [2.05, 4.69) is 13.8 Å². The molecule has 0 aliphatic carbocycles. The van der Waals surface area contributed by atoms with Crippen LogP contribution in [0, 0.1) is 17.3 Å². The highest BCUT2D eigenvalue weighted by Crippen LogP contribution is 2.20. The number of aliphatic hydroxyl groups is 2.